The number of halogens is 2. The van der Waals surface area contributed by atoms with Crippen molar-refractivity contribution < 1.29 is 36.4 Å². The first-order chi connectivity index (χ1) is 14.0. The Morgan fingerprint density at radius 1 is 0.700 bits per heavy atom. The number of rotatable bonds is 4. The summed E-state index contributed by atoms with van der Waals surface area (Å²) in [6.45, 7) is 18.0. The molecule has 2 unspecified atom stereocenters. The summed E-state index contributed by atoms with van der Waals surface area (Å²) in [6, 6.07) is 22.7. The van der Waals surface area contributed by atoms with Crippen LogP contribution in [0.1, 0.15) is 77.0 Å². The van der Waals surface area contributed by atoms with Crippen LogP contribution in [0.5, 0.6) is 0 Å². The Labute approximate surface area is 224 Å². The second-order valence-electron chi connectivity index (χ2n) is 8.42. The molecule has 2 atom stereocenters. The second kappa shape index (κ2) is 18.5. The molecule has 0 radical (unpaired) electrons. The van der Waals surface area contributed by atoms with E-state index in [0.717, 1.165) is 0 Å². The minimum atomic E-state index is 0.329. The Kier molecular flexibility index (Phi) is 20.5. The summed E-state index contributed by atoms with van der Waals surface area (Å²) in [6.07, 6.45) is 0. The van der Waals surface area contributed by atoms with Gasteiger partial charge >= 0.3 is 55.4 Å². The van der Waals surface area contributed by atoms with Gasteiger partial charge in [0.1, 0.15) is 0 Å². The number of hydrogen-bond acceptors (Lipinski definition) is 2. The van der Waals surface area contributed by atoms with Crippen molar-refractivity contribution in [3.63, 3.8) is 0 Å². The van der Waals surface area contributed by atoms with Crippen LogP contribution < -0.4 is 0 Å². The van der Waals surface area contributed by atoms with Crippen LogP contribution >= 0.6 is 42.6 Å². The van der Waals surface area contributed by atoms with Crippen LogP contribution in [0.2, 0.25) is 0 Å². The minimum absolute atomic E-state index is 0.329. The molecule has 0 spiro atoms. The molecule has 0 aromatic heterocycles. The third-order valence-electron chi connectivity index (χ3n) is 3.46. The molecular formula is C24H34Cl2Pd2S2. The molecule has 0 N–H and O–H groups in total. The van der Waals surface area contributed by atoms with E-state index in [1.807, 2.05) is 35.7 Å². The van der Waals surface area contributed by atoms with Crippen LogP contribution in [0.25, 0.3) is 0 Å². The maximum absolute atomic E-state index is 4.49. The van der Waals surface area contributed by atoms with Gasteiger partial charge in [-0.2, -0.15) is 84.2 Å². The van der Waals surface area contributed by atoms with Crippen molar-refractivity contribution in [2.75, 3.05) is 0 Å². The second-order valence-corrected chi connectivity index (χ2v) is 12.8. The van der Waals surface area contributed by atoms with E-state index in [1.54, 1.807) is 0 Å². The molecule has 6 heteroatoms. The maximum atomic E-state index is 4.49. The molecule has 176 valence electrons. The van der Waals surface area contributed by atoms with E-state index in [4.69, 9.17) is 0 Å². The van der Waals surface area contributed by atoms with Crippen molar-refractivity contribution in [1.29, 1.82) is 0 Å². The van der Waals surface area contributed by atoms with Gasteiger partial charge in [0.05, 0.1) is 0 Å². The zero-order chi connectivity index (χ0) is 23.8. The zero-order valence-electron chi connectivity index (χ0n) is 19.0. The van der Waals surface area contributed by atoms with Crippen molar-refractivity contribution in [2.24, 2.45) is 0 Å². The van der Waals surface area contributed by atoms with Gasteiger partial charge in [-0.3, -0.25) is 0 Å². The summed E-state index contributed by atoms with van der Waals surface area (Å²) in [5, 5.41) is 1.11. The molecule has 0 fully saturated rings. The molecule has 0 aliphatic rings. The Morgan fingerprint density at radius 3 is 1.20 bits per heavy atom. The average Bonchev–Trinajstić information content (AvgIpc) is 2.70. The first-order valence-corrected chi connectivity index (χ1v) is 15.3. The first kappa shape index (κ1) is 33.2. The molecule has 30 heavy (non-hydrogen) atoms. The van der Waals surface area contributed by atoms with Crippen molar-refractivity contribution in [3.05, 3.63) is 71.8 Å². The molecule has 0 aliphatic heterocycles. The summed E-state index contributed by atoms with van der Waals surface area (Å²) in [4.78, 5) is 0. The molecule has 0 amide bonds. The third-order valence-corrected chi connectivity index (χ3v) is 6.13. The van der Waals surface area contributed by atoms with Gasteiger partial charge in [-0.05, 0) is 10.5 Å². The summed E-state index contributed by atoms with van der Waals surface area (Å²) in [7, 11) is 8.98. The average molecular weight is 670 g/mol. The van der Waals surface area contributed by atoms with Gasteiger partial charge in [-0.1, -0.05) is 55.4 Å². The molecule has 2 aromatic carbocycles. The molecule has 0 heterocycles. The number of thioether (sulfide) groups is 2. The zero-order valence-corrected chi connectivity index (χ0v) is 25.2. The van der Waals surface area contributed by atoms with E-state index in [0.29, 0.717) is 20.0 Å². The van der Waals surface area contributed by atoms with E-state index in [9.17, 15) is 0 Å². The molecular weight excluding hydrogens is 636 g/mol. The van der Waals surface area contributed by atoms with E-state index in [2.05, 4.69) is 159 Å². The summed E-state index contributed by atoms with van der Waals surface area (Å²) < 4.78 is 0.657. The van der Waals surface area contributed by atoms with Crippen LogP contribution in [0.3, 0.4) is 0 Å². The third kappa shape index (κ3) is 18.6. The Morgan fingerprint density at radius 2 is 1.00 bits per heavy atom. The molecule has 0 bridgehead atoms. The van der Waals surface area contributed by atoms with Crippen molar-refractivity contribution >= 4 is 42.6 Å². The van der Waals surface area contributed by atoms with Crippen LogP contribution in [-0.4, -0.2) is 9.49 Å². The van der Waals surface area contributed by atoms with Gasteiger partial charge in [0.25, 0.3) is 0 Å². The van der Waals surface area contributed by atoms with E-state index in [-0.39, 0.29) is 0 Å². The fraction of sp³-hybridized carbons (Fsp3) is 0.500. The first-order valence-electron chi connectivity index (χ1n) is 9.49. The predicted molar refractivity (Wildman–Crippen MR) is 134 cm³/mol. The topological polar surface area (TPSA) is 0 Å². The van der Waals surface area contributed by atoms with Crippen LogP contribution in [0.15, 0.2) is 48.5 Å². The standard InChI is InChI=1S/2C12H17S.2ClH.2Pd/c2*1-10(13-12(2,3)4)11-8-6-5-7-9-11;;;;/h2*5-6,8-10H,1-4H3;2*1H;;/q2*-1;;;2*+2/p-2. The van der Waals surface area contributed by atoms with Crippen molar-refractivity contribution in [2.45, 2.75) is 75.4 Å². The van der Waals surface area contributed by atoms with Gasteiger partial charge < -0.3 is 0 Å². The normalized spacial score (nSPS) is 12.7. The molecule has 2 aromatic rings. The monoisotopic (exact) mass is 668 g/mol. The predicted octanol–water partition coefficient (Wildman–Crippen LogP) is 9.53. The number of hydrogen-bond donors (Lipinski definition) is 0. The molecule has 0 aliphatic carbocycles. The van der Waals surface area contributed by atoms with Gasteiger partial charge in [0, 0.05) is 9.49 Å². The molecule has 2 rings (SSSR count). The van der Waals surface area contributed by atoms with Gasteiger partial charge in [-0.15, -0.1) is 11.1 Å². The fourth-order valence-electron chi connectivity index (χ4n) is 2.52. The molecule has 0 saturated carbocycles. The van der Waals surface area contributed by atoms with E-state index in [1.165, 1.54) is 11.1 Å². The Balaban J connectivity index is 0. The Bertz CT molecular complexity index is 570. The summed E-state index contributed by atoms with van der Waals surface area (Å²) in [5.41, 5.74) is 2.73. The fourth-order valence-corrected chi connectivity index (χ4v) is 5.20. The number of benzene rings is 2. The van der Waals surface area contributed by atoms with Crippen LogP contribution in [0.4, 0.5) is 0 Å². The van der Waals surface area contributed by atoms with Gasteiger partial charge in [0.15, 0.2) is 0 Å². The van der Waals surface area contributed by atoms with Gasteiger partial charge in [0.2, 0.25) is 0 Å². The SMILES string of the molecule is CC(SC(C)(C)C)c1c[c-]ccc1.CC(SC(C)(C)C)c1c[c-]ccc1.[Cl][Pd+].[Cl][Pd+]. The molecule has 0 nitrogen and oxygen atoms in total. The van der Waals surface area contributed by atoms with Gasteiger partial charge in [-0.25, -0.2) is 0 Å². The van der Waals surface area contributed by atoms with Crippen LogP contribution in [-0.2, 0) is 36.4 Å². The molecule has 0 saturated heterocycles. The van der Waals surface area contributed by atoms with Crippen molar-refractivity contribution in [3.8, 4) is 0 Å². The van der Waals surface area contributed by atoms with Crippen molar-refractivity contribution in [1.82, 2.24) is 0 Å². The summed E-state index contributed by atoms with van der Waals surface area (Å²) in [5.74, 6) is 0. The van der Waals surface area contributed by atoms with Crippen LogP contribution in [0, 0.1) is 12.1 Å². The Hall–Kier alpha value is 1.04. The van der Waals surface area contributed by atoms with E-state index < -0.39 is 0 Å². The summed E-state index contributed by atoms with van der Waals surface area (Å²) >= 11 is 8.42. The van der Waals surface area contributed by atoms with E-state index >= 15 is 0 Å². The quantitative estimate of drug-likeness (QED) is 0.235.